The number of carbonyl (C=O) groups is 1. The number of amides is 1. The number of aliphatic hydroxyl groups is 1. The highest BCUT2D eigenvalue weighted by Gasteiger charge is 2.39. The Morgan fingerprint density at radius 2 is 1.67 bits per heavy atom. The third-order valence-electron chi connectivity index (χ3n) is 5.48. The predicted octanol–water partition coefficient (Wildman–Crippen LogP) is 4.57. The Labute approximate surface area is 158 Å². The van der Waals surface area contributed by atoms with Crippen LogP contribution < -0.4 is 5.32 Å². The Morgan fingerprint density at radius 1 is 1.00 bits per heavy atom. The highest BCUT2D eigenvalue weighted by Crippen LogP contribution is 2.40. The second-order valence-electron chi connectivity index (χ2n) is 7.55. The van der Waals surface area contributed by atoms with Crippen molar-refractivity contribution >= 4 is 16.8 Å². The summed E-state index contributed by atoms with van der Waals surface area (Å²) < 4.78 is 0. The van der Waals surface area contributed by atoms with Crippen LogP contribution in [0.2, 0.25) is 0 Å². The van der Waals surface area contributed by atoms with Gasteiger partial charge in [0.15, 0.2) is 0 Å². The number of aromatic nitrogens is 1. The summed E-state index contributed by atoms with van der Waals surface area (Å²) in [6.45, 7) is 6.06. The molecule has 3 aromatic rings. The second-order valence-corrected chi connectivity index (χ2v) is 7.55. The van der Waals surface area contributed by atoms with Gasteiger partial charge in [0.1, 0.15) is 5.76 Å². The second kappa shape index (κ2) is 6.62. The lowest BCUT2D eigenvalue weighted by atomic mass is 9.85. The van der Waals surface area contributed by atoms with Gasteiger partial charge >= 0.3 is 0 Å². The summed E-state index contributed by atoms with van der Waals surface area (Å²) in [5, 5.41) is 15.0. The van der Waals surface area contributed by atoms with Crippen molar-refractivity contribution in [2.75, 3.05) is 0 Å². The zero-order valence-electron chi connectivity index (χ0n) is 15.8. The number of aromatic amines is 1. The van der Waals surface area contributed by atoms with Crippen molar-refractivity contribution in [2.45, 2.75) is 32.7 Å². The van der Waals surface area contributed by atoms with E-state index in [2.05, 4.69) is 23.3 Å². The molecular formula is C23H24N2O2. The third kappa shape index (κ3) is 2.81. The van der Waals surface area contributed by atoms with E-state index in [1.165, 1.54) is 0 Å². The maximum Gasteiger partial charge on any atom is 0.252 e. The van der Waals surface area contributed by atoms with Crippen molar-refractivity contribution in [3.63, 3.8) is 0 Å². The lowest BCUT2D eigenvalue weighted by Gasteiger charge is -2.19. The molecule has 4 rings (SSSR count). The van der Waals surface area contributed by atoms with E-state index in [4.69, 9.17) is 0 Å². The molecule has 1 amide bonds. The van der Waals surface area contributed by atoms with Crippen LogP contribution in [0.1, 0.15) is 36.6 Å². The zero-order chi connectivity index (χ0) is 19.1. The van der Waals surface area contributed by atoms with E-state index in [1.807, 2.05) is 62.4 Å². The molecule has 138 valence electrons. The normalized spacial score (nSPS) is 18.4. The van der Waals surface area contributed by atoms with Crippen molar-refractivity contribution in [3.8, 4) is 0 Å². The summed E-state index contributed by atoms with van der Waals surface area (Å²) >= 11 is 0. The van der Waals surface area contributed by atoms with Crippen molar-refractivity contribution in [2.24, 2.45) is 5.92 Å². The van der Waals surface area contributed by atoms with Gasteiger partial charge in [0, 0.05) is 16.6 Å². The van der Waals surface area contributed by atoms with Crippen molar-refractivity contribution < 1.29 is 9.90 Å². The number of para-hydroxylation sites is 1. The largest absolute Gasteiger partial charge is 0.510 e. The first-order chi connectivity index (χ1) is 13.0. The van der Waals surface area contributed by atoms with Crippen LogP contribution in [0.5, 0.6) is 0 Å². The minimum Gasteiger partial charge on any atom is -0.510 e. The SMILES string of the molecule is Cc1c(C(C2=C(O)C(C(C)C)NC2=O)c2ccccc2)[nH]c2ccccc12. The minimum atomic E-state index is -0.345. The maximum atomic E-state index is 12.9. The highest BCUT2D eigenvalue weighted by atomic mass is 16.3. The van der Waals surface area contributed by atoms with Crippen LogP contribution in [0, 0.1) is 12.8 Å². The maximum absolute atomic E-state index is 12.9. The van der Waals surface area contributed by atoms with E-state index in [9.17, 15) is 9.90 Å². The van der Waals surface area contributed by atoms with Crippen molar-refractivity contribution in [1.82, 2.24) is 10.3 Å². The van der Waals surface area contributed by atoms with Crippen LogP contribution in [-0.4, -0.2) is 22.0 Å². The topological polar surface area (TPSA) is 65.1 Å². The Hall–Kier alpha value is -3.01. The van der Waals surface area contributed by atoms with Gasteiger partial charge in [-0.25, -0.2) is 0 Å². The summed E-state index contributed by atoms with van der Waals surface area (Å²) in [5.41, 5.74) is 4.50. The summed E-state index contributed by atoms with van der Waals surface area (Å²) in [6.07, 6.45) is 0. The molecule has 27 heavy (non-hydrogen) atoms. The standard InChI is InChI=1S/C23H24N2O2/c1-13(2)20-22(26)19(23(27)25-20)18(15-9-5-4-6-10-15)21-14(3)16-11-7-8-12-17(16)24-21/h4-13,18,20,24,26H,1-3H3,(H,25,27). The Morgan fingerprint density at radius 3 is 2.30 bits per heavy atom. The zero-order valence-corrected chi connectivity index (χ0v) is 15.8. The predicted molar refractivity (Wildman–Crippen MR) is 108 cm³/mol. The first-order valence-corrected chi connectivity index (χ1v) is 9.35. The van der Waals surface area contributed by atoms with E-state index in [0.717, 1.165) is 27.7 Å². The molecule has 2 atom stereocenters. The molecule has 1 aliphatic rings. The number of nitrogens with one attached hydrogen (secondary N) is 2. The van der Waals surface area contributed by atoms with Crippen LogP contribution in [0.25, 0.3) is 10.9 Å². The van der Waals surface area contributed by atoms with Gasteiger partial charge in [-0.2, -0.15) is 0 Å². The molecule has 1 aromatic heterocycles. The Balaban J connectivity index is 1.96. The summed E-state index contributed by atoms with van der Waals surface area (Å²) in [4.78, 5) is 16.4. The number of aliphatic hydroxyl groups excluding tert-OH is 1. The first-order valence-electron chi connectivity index (χ1n) is 9.35. The molecule has 3 N–H and O–H groups in total. The average Bonchev–Trinajstić information content (AvgIpc) is 3.15. The molecule has 4 heteroatoms. The van der Waals surface area contributed by atoms with Crippen LogP contribution in [0.15, 0.2) is 65.9 Å². The van der Waals surface area contributed by atoms with Gasteiger partial charge in [-0.3, -0.25) is 4.79 Å². The monoisotopic (exact) mass is 360 g/mol. The number of aryl methyl sites for hydroxylation is 1. The number of benzene rings is 2. The summed E-state index contributed by atoms with van der Waals surface area (Å²) in [5.74, 6) is -0.269. The molecule has 2 aromatic carbocycles. The highest BCUT2D eigenvalue weighted by molar-refractivity contribution is 6.00. The molecule has 0 saturated carbocycles. The van der Waals surface area contributed by atoms with Gasteiger partial charge in [0.2, 0.25) is 0 Å². The fourth-order valence-electron chi connectivity index (χ4n) is 4.05. The molecule has 2 unspecified atom stereocenters. The first kappa shape index (κ1) is 17.4. The quantitative estimate of drug-likeness (QED) is 0.638. The smallest absolute Gasteiger partial charge is 0.252 e. The Bertz CT molecular complexity index is 1030. The van der Waals surface area contributed by atoms with Crippen LogP contribution in [0.4, 0.5) is 0 Å². The molecule has 0 saturated heterocycles. The number of H-pyrrole nitrogens is 1. The van der Waals surface area contributed by atoms with Crippen LogP contribution in [0.3, 0.4) is 0 Å². The van der Waals surface area contributed by atoms with Gasteiger partial charge in [-0.1, -0.05) is 62.4 Å². The van der Waals surface area contributed by atoms with Gasteiger partial charge in [0.05, 0.1) is 17.5 Å². The average molecular weight is 360 g/mol. The molecule has 0 aliphatic carbocycles. The molecule has 2 heterocycles. The van der Waals surface area contributed by atoms with Gasteiger partial charge in [0.25, 0.3) is 5.91 Å². The van der Waals surface area contributed by atoms with E-state index in [1.54, 1.807) is 0 Å². The number of rotatable bonds is 4. The van der Waals surface area contributed by atoms with Gasteiger partial charge in [-0.15, -0.1) is 0 Å². The van der Waals surface area contributed by atoms with Crippen LogP contribution >= 0.6 is 0 Å². The van der Waals surface area contributed by atoms with Crippen LogP contribution in [-0.2, 0) is 4.79 Å². The number of hydrogen-bond acceptors (Lipinski definition) is 2. The molecule has 0 fully saturated rings. The lowest BCUT2D eigenvalue weighted by Crippen LogP contribution is -2.33. The molecule has 4 nitrogen and oxygen atoms in total. The minimum absolute atomic E-state index is 0.117. The Kier molecular flexibility index (Phi) is 4.27. The van der Waals surface area contributed by atoms with Gasteiger partial charge < -0.3 is 15.4 Å². The molecule has 0 bridgehead atoms. The van der Waals surface area contributed by atoms with E-state index in [-0.39, 0.29) is 29.5 Å². The molecule has 0 spiro atoms. The van der Waals surface area contributed by atoms with E-state index >= 15 is 0 Å². The molecule has 0 radical (unpaired) electrons. The molecule has 1 aliphatic heterocycles. The summed E-state index contributed by atoms with van der Waals surface area (Å²) in [7, 11) is 0. The summed E-state index contributed by atoms with van der Waals surface area (Å²) in [6, 6.07) is 17.7. The third-order valence-corrected chi connectivity index (χ3v) is 5.48. The number of hydrogen-bond donors (Lipinski definition) is 3. The molecular weight excluding hydrogens is 336 g/mol. The van der Waals surface area contributed by atoms with Gasteiger partial charge in [-0.05, 0) is 30.0 Å². The van der Waals surface area contributed by atoms with Crippen molar-refractivity contribution in [1.29, 1.82) is 0 Å². The lowest BCUT2D eigenvalue weighted by molar-refractivity contribution is -0.117. The fraction of sp³-hybridized carbons (Fsp3) is 0.261. The fourth-order valence-corrected chi connectivity index (χ4v) is 4.05. The number of fused-ring (bicyclic) bond motifs is 1. The number of carbonyl (C=O) groups excluding carboxylic acids is 1. The van der Waals surface area contributed by atoms with Crippen molar-refractivity contribution in [3.05, 3.63) is 82.8 Å². The van der Waals surface area contributed by atoms with E-state index < -0.39 is 0 Å². The van der Waals surface area contributed by atoms with E-state index in [0.29, 0.717) is 5.57 Å².